The molecule has 0 fully saturated rings. The maximum absolute atomic E-state index is 12.3. The first-order valence-corrected chi connectivity index (χ1v) is 8.07. The fourth-order valence-corrected chi connectivity index (χ4v) is 2.70. The van der Waals surface area contributed by atoms with Crippen molar-refractivity contribution in [2.24, 2.45) is 4.99 Å². The van der Waals surface area contributed by atoms with E-state index in [1.54, 1.807) is 7.11 Å². The van der Waals surface area contributed by atoms with Gasteiger partial charge in [-0.2, -0.15) is 0 Å². The summed E-state index contributed by atoms with van der Waals surface area (Å²) < 4.78 is 5.29. The highest BCUT2D eigenvalue weighted by Crippen LogP contribution is 2.19. The zero-order valence-electron chi connectivity index (χ0n) is 13.7. The van der Waals surface area contributed by atoms with Crippen LogP contribution in [0.25, 0.3) is 0 Å². The second-order valence-corrected chi connectivity index (χ2v) is 5.63. The smallest absolute Gasteiger partial charge is 0.228 e. The maximum Gasteiger partial charge on any atom is 0.228 e. The van der Waals surface area contributed by atoms with Crippen molar-refractivity contribution in [3.8, 4) is 5.75 Å². The Kier molecular flexibility index (Phi) is 5.11. The number of methoxy groups -OCH3 is 1. The number of para-hydroxylation sites is 1. The molecular weight excluding hydrogens is 302 g/mol. The molecule has 1 aliphatic heterocycles. The molecule has 0 saturated heterocycles. The predicted molar refractivity (Wildman–Crippen MR) is 95.8 cm³/mol. The van der Waals surface area contributed by atoms with E-state index in [-0.39, 0.29) is 12.3 Å². The Labute approximate surface area is 141 Å². The summed E-state index contributed by atoms with van der Waals surface area (Å²) in [5, 5.41) is 6.24. The third-order valence-electron chi connectivity index (χ3n) is 3.86. The molecule has 3 rings (SSSR count). The van der Waals surface area contributed by atoms with E-state index in [2.05, 4.69) is 15.6 Å². The summed E-state index contributed by atoms with van der Waals surface area (Å²) >= 11 is 0. The molecular formula is C19H21N3O2. The molecule has 0 atom stereocenters. The molecule has 0 unspecified atom stereocenters. The van der Waals surface area contributed by atoms with Crippen LogP contribution < -0.4 is 15.4 Å². The highest BCUT2D eigenvalue weighted by molar-refractivity contribution is 6.01. The van der Waals surface area contributed by atoms with Crippen molar-refractivity contribution in [2.45, 2.75) is 12.8 Å². The largest absolute Gasteiger partial charge is 0.496 e. The summed E-state index contributed by atoms with van der Waals surface area (Å²) in [6.07, 6.45) is 1.33. The van der Waals surface area contributed by atoms with Gasteiger partial charge in [-0.25, -0.2) is 0 Å². The zero-order chi connectivity index (χ0) is 16.8. The number of amides is 1. The van der Waals surface area contributed by atoms with Crippen molar-refractivity contribution in [3.05, 3.63) is 59.7 Å². The maximum atomic E-state index is 12.3. The number of nitrogens with one attached hydrogen (secondary N) is 2. The van der Waals surface area contributed by atoms with Crippen LogP contribution in [-0.4, -0.2) is 31.9 Å². The summed E-state index contributed by atoms with van der Waals surface area (Å²) in [4.78, 5) is 16.8. The molecule has 1 amide bonds. The number of benzene rings is 2. The van der Waals surface area contributed by atoms with Gasteiger partial charge in [-0.1, -0.05) is 30.3 Å². The summed E-state index contributed by atoms with van der Waals surface area (Å²) in [6.45, 7) is 1.77. The lowest BCUT2D eigenvalue weighted by molar-refractivity contribution is -0.115. The van der Waals surface area contributed by atoms with Gasteiger partial charge in [-0.3, -0.25) is 9.79 Å². The molecule has 0 bridgehead atoms. The number of rotatable bonds is 5. The van der Waals surface area contributed by atoms with E-state index in [9.17, 15) is 4.79 Å². The number of amidine groups is 1. The summed E-state index contributed by atoms with van der Waals surface area (Å²) in [6, 6.07) is 15.3. The van der Waals surface area contributed by atoms with Gasteiger partial charge < -0.3 is 15.4 Å². The van der Waals surface area contributed by atoms with Gasteiger partial charge in [0.25, 0.3) is 0 Å². The van der Waals surface area contributed by atoms with Gasteiger partial charge in [0.05, 0.1) is 13.5 Å². The lowest BCUT2D eigenvalue weighted by atomic mass is 10.1. The summed E-state index contributed by atoms with van der Waals surface area (Å²) in [5.41, 5.74) is 2.62. The minimum absolute atomic E-state index is 0.0739. The van der Waals surface area contributed by atoms with Crippen molar-refractivity contribution in [1.82, 2.24) is 5.32 Å². The van der Waals surface area contributed by atoms with Gasteiger partial charge >= 0.3 is 0 Å². The normalized spacial score (nSPS) is 13.6. The van der Waals surface area contributed by atoms with Crippen LogP contribution >= 0.6 is 0 Å². The van der Waals surface area contributed by atoms with E-state index >= 15 is 0 Å². The predicted octanol–water partition coefficient (Wildman–Crippen LogP) is 2.62. The number of nitrogens with zero attached hydrogens (tertiary/aromatic N) is 1. The Hall–Kier alpha value is -2.82. The van der Waals surface area contributed by atoms with Crippen molar-refractivity contribution >= 4 is 17.4 Å². The van der Waals surface area contributed by atoms with E-state index in [1.807, 2.05) is 48.5 Å². The summed E-state index contributed by atoms with van der Waals surface area (Å²) in [5.74, 6) is 1.54. The van der Waals surface area contributed by atoms with Crippen LogP contribution in [0.15, 0.2) is 53.5 Å². The third kappa shape index (κ3) is 3.93. The Morgan fingerprint density at radius 2 is 2.12 bits per heavy atom. The van der Waals surface area contributed by atoms with E-state index in [0.717, 1.165) is 47.9 Å². The lowest BCUT2D eigenvalue weighted by Crippen LogP contribution is -2.30. The SMILES string of the molecule is COc1ccccc1CC(=O)Nc1cccc(C2=NCCCN2)c1. The highest BCUT2D eigenvalue weighted by atomic mass is 16.5. The molecule has 0 spiro atoms. The van der Waals surface area contributed by atoms with Crippen LogP contribution in [0.1, 0.15) is 17.5 Å². The molecule has 24 heavy (non-hydrogen) atoms. The number of carbonyl (C=O) groups is 1. The van der Waals surface area contributed by atoms with Gasteiger partial charge in [0.15, 0.2) is 0 Å². The van der Waals surface area contributed by atoms with Crippen molar-refractivity contribution in [1.29, 1.82) is 0 Å². The molecule has 0 aliphatic carbocycles. The molecule has 2 aromatic carbocycles. The standard InChI is InChI=1S/C19H21N3O2/c1-24-17-9-3-2-6-14(17)13-18(23)22-16-8-4-7-15(12-16)19-20-10-5-11-21-19/h2-4,6-9,12H,5,10-11,13H2,1H3,(H,20,21)(H,22,23). The van der Waals surface area contributed by atoms with Gasteiger partial charge in [0.1, 0.15) is 11.6 Å². The Bertz CT molecular complexity index is 756. The second kappa shape index (κ2) is 7.64. The highest BCUT2D eigenvalue weighted by Gasteiger charge is 2.11. The molecule has 0 radical (unpaired) electrons. The quantitative estimate of drug-likeness (QED) is 0.889. The first-order valence-electron chi connectivity index (χ1n) is 8.07. The van der Waals surface area contributed by atoms with Crippen LogP contribution in [0.5, 0.6) is 5.75 Å². The zero-order valence-corrected chi connectivity index (χ0v) is 13.7. The molecule has 2 N–H and O–H groups in total. The molecule has 1 aliphatic rings. The molecule has 1 heterocycles. The number of ether oxygens (including phenoxy) is 1. The number of carbonyl (C=O) groups excluding carboxylic acids is 1. The van der Waals surface area contributed by atoms with Gasteiger partial charge in [-0.05, 0) is 24.6 Å². The molecule has 0 saturated carbocycles. The molecule has 0 aromatic heterocycles. The Morgan fingerprint density at radius 1 is 1.25 bits per heavy atom. The molecule has 124 valence electrons. The Morgan fingerprint density at radius 3 is 2.92 bits per heavy atom. The number of hydrogen-bond acceptors (Lipinski definition) is 4. The van der Waals surface area contributed by atoms with Gasteiger partial charge in [0, 0.05) is 29.9 Å². The second-order valence-electron chi connectivity index (χ2n) is 5.63. The van der Waals surface area contributed by atoms with E-state index in [1.165, 1.54) is 0 Å². The van der Waals surface area contributed by atoms with Crippen LogP contribution in [0, 0.1) is 0 Å². The van der Waals surface area contributed by atoms with Crippen molar-refractivity contribution < 1.29 is 9.53 Å². The number of aliphatic imine (C=N–C) groups is 1. The number of hydrogen-bond donors (Lipinski definition) is 2. The lowest BCUT2D eigenvalue weighted by Gasteiger charge is -2.15. The third-order valence-corrected chi connectivity index (χ3v) is 3.86. The fraction of sp³-hybridized carbons (Fsp3) is 0.263. The van der Waals surface area contributed by atoms with E-state index in [0.29, 0.717) is 0 Å². The molecule has 5 nitrogen and oxygen atoms in total. The van der Waals surface area contributed by atoms with Gasteiger partial charge in [0.2, 0.25) is 5.91 Å². The summed E-state index contributed by atoms with van der Waals surface area (Å²) in [7, 11) is 1.61. The average Bonchev–Trinajstić information content (AvgIpc) is 2.63. The minimum Gasteiger partial charge on any atom is -0.496 e. The topological polar surface area (TPSA) is 62.7 Å². The first-order chi connectivity index (χ1) is 11.8. The molecule has 2 aromatic rings. The monoisotopic (exact) mass is 323 g/mol. The van der Waals surface area contributed by atoms with Crippen LogP contribution in [0.3, 0.4) is 0 Å². The van der Waals surface area contributed by atoms with Crippen LogP contribution in [-0.2, 0) is 11.2 Å². The first kappa shape index (κ1) is 16.1. The van der Waals surface area contributed by atoms with E-state index < -0.39 is 0 Å². The van der Waals surface area contributed by atoms with Gasteiger partial charge in [-0.15, -0.1) is 0 Å². The molecule has 5 heteroatoms. The average molecular weight is 323 g/mol. The van der Waals surface area contributed by atoms with Crippen LogP contribution in [0.2, 0.25) is 0 Å². The van der Waals surface area contributed by atoms with Crippen molar-refractivity contribution in [2.75, 3.05) is 25.5 Å². The minimum atomic E-state index is -0.0739. The van der Waals surface area contributed by atoms with Crippen molar-refractivity contribution in [3.63, 3.8) is 0 Å². The van der Waals surface area contributed by atoms with E-state index in [4.69, 9.17) is 4.74 Å². The fourth-order valence-electron chi connectivity index (χ4n) is 2.70. The van der Waals surface area contributed by atoms with Crippen LogP contribution in [0.4, 0.5) is 5.69 Å². The Balaban J connectivity index is 1.69. The number of anilines is 1.